The third-order valence-corrected chi connectivity index (χ3v) is 3.54. The Kier molecular flexibility index (Phi) is 6.84. The van der Waals surface area contributed by atoms with E-state index in [1.807, 2.05) is 0 Å². The van der Waals surface area contributed by atoms with Gasteiger partial charge in [0.1, 0.15) is 11.5 Å². The van der Waals surface area contributed by atoms with Crippen molar-refractivity contribution in [2.45, 2.75) is 6.92 Å². The average molecular weight is 358 g/mol. The van der Waals surface area contributed by atoms with Crippen LogP contribution >= 0.6 is 0 Å². The molecule has 7 heteroatoms. The third kappa shape index (κ3) is 4.89. The van der Waals surface area contributed by atoms with E-state index in [9.17, 15) is 9.59 Å². The number of amides is 1. The first-order chi connectivity index (χ1) is 12.6. The highest BCUT2D eigenvalue weighted by atomic mass is 16.5. The van der Waals surface area contributed by atoms with Crippen LogP contribution in [0.4, 0.5) is 11.4 Å². The molecule has 0 atom stereocenters. The fraction of sp³-hybridized carbons (Fsp3) is 0.263. The van der Waals surface area contributed by atoms with Gasteiger partial charge < -0.3 is 24.8 Å². The molecule has 0 unspecified atom stereocenters. The zero-order valence-corrected chi connectivity index (χ0v) is 15.0. The normalized spacial score (nSPS) is 9.96. The molecule has 138 valence electrons. The van der Waals surface area contributed by atoms with Crippen molar-refractivity contribution in [3.05, 3.63) is 48.0 Å². The Morgan fingerprint density at radius 3 is 2.46 bits per heavy atom. The van der Waals surface area contributed by atoms with Gasteiger partial charge in [-0.25, -0.2) is 4.79 Å². The lowest BCUT2D eigenvalue weighted by Gasteiger charge is -2.13. The minimum Gasteiger partial charge on any atom is -0.497 e. The molecule has 26 heavy (non-hydrogen) atoms. The van der Waals surface area contributed by atoms with E-state index in [4.69, 9.17) is 14.2 Å². The molecule has 2 N–H and O–H groups in total. The van der Waals surface area contributed by atoms with Crippen molar-refractivity contribution in [1.82, 2.24) is 0 Å². The van der Waals surface area contributed by atoms with Gasteiger partial charge in [0, 0.05) is 11.8 Å². The molecule has 0 fully saturated rings. The molecule has 0 aliphatic carbocycles. The van der Waals surface area contributed by atoms with Crippen molar-refractivity contribution >= 4 is 23.3 Å². The minimum atomic E-state index is -0.437. The number of anilines is 2. The SMILES string of the molecule is CCOC(=O)c1ccccc1NCC(=O)Nc1ccc(OC)cc1OC. The van der Waals surface area contributed by atoms with Crippen LogP contribution in [0.5, 0.6) is 11.5 Å². The first-order valence-corrected chi connectivity index (χ1v) is 8.11. The van der Waals surface area contributed by atoms with E-state index in [0.717, 1.165) is 0 Å². The lowest BCUT2D eigenvalue weighted by molar-refractivity contribution is -0.114. The first-order valence-electron chi connectivity index (χ1n) is 8.11. The number of hydrogen-bond acceptors (Lipinski definition) is 6. The van der Waals surface area contributed by atoms with Gasteiger partial charge in [0.25, 0.3) is 0 Å². The average Bonchev–Trinajstić information content (AvgIpc) is 2.67. The van der Waals surface area contributed by atoms with Crippen LogP contribution in [0.25, 0.3) is 0 Å². The fourth-order valence-corrected chi connectivity index (χ4v) is 2.30. The maximum absolute atomic E-state index is 12.2. The second-order valence-corrected chi connectivity index (χ2v) is 5.23. The molecular formula is C19H22N2O5. The zero-order chi connectivity index (χ0) is 18.9. The maximum Gasteiger partial charge on any atom is 0.340 e. The van der Waals surface area contributed by atoms with E-state index in [1.165, 1.54) is 7.11 Å². The van der Waals surface area contributed by atoms with E-state index < -0.39 is 5.97 Å². The molecule has 0 aliphatic heterocycles. The van der Waals surface area contributed by atoms with Gasteiger partial charge in [-0.2, -0.15) is 0 Å². The van der Waals surface area contributed by atoms with Gasteiger partial charge >= 0.3 is 5.97 Å². The maximum atomic E-state index is 12.2. The number of esters is 1. The Labute approximate surface area is 152 Å². The number of rotatable bonds is 8. The highest BCUT2D eigenvalue weighted by Gasteiger charge is 2.13. The molecule has 7 nitrogen and oxygen atoms in total. The van der Waals surface area contributed by atoms with Gasteiger partial charge in [-0.05, 0) is 31.2 Å². The van der Waals surface area contributed by atoms with Crippen LogP contribution in [-0.4, -0.2) is 39.2 Å². The second kappa shape index (κ2) is 9.31. The number of hydrogen-bond donors (Lipinski definition) is 2. The van der Waals surface area contributed by atoms with Crippen LogP contribution in [0, 0.1) is 0 Å². The summed E-state index contributed by atoms with van der Waals surface area (Å²) < 4.78 is 15.4. The van der Waals surface area contributed by atoms with Crippen LogP contribution in [0.15, 0.2) is 42.5 Å². The molecule has 2 rings (SSSR count). The Hall–Kier alpha value is -3.22. The van der Waals surface area contributed by atoms with Crippen LogP contribution in [0.1, 0.15) is 17.3 Å². The number of carbonyl (C=O) groups is 2. The van der Waals surface area contributed by atoms with Gasteiger partial charge in [0.2, 0.25) is 5.91 Å². The quantitative estimate of drug-likeness (QED) is 0.706. The topological polar surface area (TPSA) is 85.9 Å². The molecule has 0 heterocycles. The Morgan fingerprint density at radius 1 is 1.00 bits per heavy atom. The summed E-state index contributed by atoms with van der Waals surface area (Å²) in [5.74, 6) is 0.394. The highest BCUT2D eigenvalue weighted by Crippen LogP contribution is 2.29. The number of ether oxygens (including phenoxy) is 3. The van der Waals surface area contributed by atoms with Gasteiger partial charge in [0.15, 0.2) is 0 Å². The van der Waals surface area contributed by atoms with Crippen molar-refractivity contribution in [3.8, 4) is 11.5 Å². The number of methoxy groups -OCH3 is 2. The molecular weight excluding hydrogens is 336 g/mol. The van der Waals surface area contributed by atoms with E-state index in [1.54, 1.807) is 56.5 Å². The molecule has 0 aliphatic rings. The standard InChI is InChI=1S/C19H22N2O5/c1-4-26-19(23)14-7-5-6-8-15(14)20-12-18(22)21-16-10-9-13(24-2)11-17(16)25-3/h5-11,20H,4,12H2,1-3H3,(H,21,22). The molecule has 0 radical (unpaired) electrons. The fourth-order valence-electron chi connectivity index (χ4n) is 2.30. The summed E-state index contributed by atoms with van der Waals surface area (Å²) in [4.78, 5) is 24.2. The molecule has 0 spiro atoms. The largest absolute Gasteiger partial charge is 0.497 e. The molecule has 2 aromatic carbocycles. The predicted octanol–water partition coefficient (Wildman–Crippen LogP) is 2.93. The predicted molar refractivity (Wildman–Crippen MR) is 99.1 cm³/mol. The van der Waals surface area contributed by atoms with Gasteiger partial charge in [-0.1, -0.05) is 12.1 Å². The molecule has 0 saturated carbocycles. The van der Waals surface area contributed by atoms with E-state index in [-0.39, 0.29) is 19.1 Å². The molecule has 0 aromatic heterocycles. The summed E-state index contributed by atoms with van der Waals surface area (Å²) in [6, 6.07) is 12.0. The Bertz CT molecular complexity index is 776. The summed E-state index contributed by atoms with van der Waals surface area (Å²) in [5, 5.41) is 5.71. The van der Waals surface area contributed by atoms with Crippen molar-refractivity contribution < 1.29 is 23.8 Å². The number of para-hydroxylation sites is 1. The summed E-state index contributed by atoms with van der Waals surface area (Å²) in [5.41, 5.74) is 1.44. The Morgan fingerprint density at radius 2 is 1.77 bits per heavy atom. The highest BCUT2D eigenvalue weighted by molar-refractivity contribution is 5.98. The Balaban J connectivity index is 2.03. The van der Waals surface area contributed by atoms with Crippen LogP contribution in [0.2, 0.25) is 0 Å². The van der Waals surface area contributed by atoms with Crippen LogP contribution < -0.4 is 20.1 Å². The number of benzene rings is 2. The van der Waals surface area contributed by atoms with Crippen molar-refractivity contribution in [1.29, 1.82) is 0 Å². The molecule has 0 bridgehead atoms. The molecule has 0 saturated heterocycles. The number of nitrogens with one attached hydrogen (secondary N) is 2. The monoisotopic (exact) mass is 358 g/mol. The molecule has 2 aromatic rings. The lowest BCUT2D eigenvalue weighted by atomic mass is 10.2. The first kappa shape index (κ1) is 19.1. The van der Waals surface area contributed by atoms with E-state index >= 15 is 0 Å². The van der Waals surface area contributed by atoms with E-state index in [2.05, 4.69) is 10.6 Å². The van der Waals surface area contributed by atoms with Gasteiger partial charge in [-0.3, -0.25) is 4.79 Å². The van der Waals surface area contributed by atoms with Crippen molar-refractivity contribution in [2.24, 2.45) is 0 Å². The van der Waals surface area contributed by atoms with Crippen LogP contribution in [0.3, 0.4) is 0 Å². The zero-order valence-electron chi connectivity index (χ0n) is 15.0. The van der Waals surface area contributed by atoms with Gasteiger partial charge in [-0.15, -0.1) is 0 Å². The summed E-state index contributed by atoms with van der Waals surface area (Å²) in [6.45, 7) is 2.00. The lowest BCUT2D eigenvalue weighted by Crippen LogP contribution is -2.23. The van der Waals surface area contributed by atoms with Crippen molar-refractivity contribution in [2.75, 3.05) is 38.0 Å². The molecule has 1 amide bonds. The minimum absolute atomic E-state index is 0.0222. The van der Waals surface area contributed by atoms with Crippen molar-refractivity contribution in [3.63, 3.8) is 0 Å². The summed E-state index contributed by atoms with van der Waals surface area (Å²) >= 11 is 0. The van der Waals surface area contributed by atoms with Crippen LogP contribution in [-0.2, 0) is 9.53 Å². The second-order valence-electron chi connectivity index (χ2n) is 5.23. The summed E-state index contributed by atoms with van der Waals surface area (Å²) in [6.07, 6.45) is 0. The van der Waals surface area contributed by atoms with E-state index in [0.29, 0.717) is 28.4 Å². The third-order valence-electron chi connectivity index (χ3n) is 3.54. The smallest absolute Gasteiger partial charge is 0.340 e. The van der Waals surface area contributed by atoms with Gasteiger partial charge in [0.05, 0.1) is 38.6 Å². The summed E-state index contributed by atoms with van der Waals surface area (Å²) in [7, 11) is 3.07. The number of carbonyl (C=O) groups excluding carboxylic acids is 2.